The van der Waals surface area contributed by atoms with Crippen LogP contribution in [0.3, 0.4) is 0 Å². The molecular formula is C19H23FN4O2S. The zero-order valence-electron chi connectivity index (χ0n) is 15.4. The number of thiazole rings is 1. The molecule has 0 saturated heterocycles. The van der Waals surface area contributed by atoms with Crippen LogP contribution in [0.25, 0.3) is 4.96 Å². The third-order valence-corrected chi connectivity index (χ3v) is 5.37. The van der Waals surface area contributed by atoms with Crippen LogP contribution in [0, 0.1) is 12.7 Å². The van der Waals surface area contributed by atoms with E-state index in [0.29, 0.717) is 36.8 Å². The first-order chi connectivity index (χ1) is 13.0. The zero-order valence-corrected chi connectivity index (χ0v) is 16.2. The Labute approximate surface area is 160 Å². The first-order valence-corrected chi connectivity index (χ1v) is 9.68. The molecule has 0 fully saturated rings. The van der Waals surface area contributed by atoms with Crippen molar-refractivity contribution in [1.29, 1.82) is 0 Å². The van der Waals surface area contributed by atoms with E-state index in [-0.39, 0.29) is 18.0 Å². The van der Waals surface area contributed by atoms with Crippen molar-refractivity contribution < 1.29 is 9.50 Å². The van der Waals surface area contributed by atoms with Crippen molar-refractivity contribution in [2.75, 3.05) is 24.6 Å². The van der Waals surface area contributed by atoms with Crippen LogP contribution in [0.5, 0.6) is 0 Å². The molecule has 0 aliphatic heterocycles. The third kappa shape index (κ3) is 4.35. The van der Waals surface area contributed by atoms with Crippen LogP contribution in [0.15, 0.2) is 35.1 Å². The van der Waals surface area contributed by atoms with Crippen LogP contribution in [-0.2, 0) is 13.1 Å². The number of nitrogens with one attached hydrogen (secondary N) is 1. The lowest BCUT2D eigenvalue weighted by Gasteiger charge is -2.22. The van der Waals surface area contributed by atoms with Crippen LogP contribution in [0.4, 0.5) is 10.1 Å². The fourth-order valence-corrected chi connectivity index (χ4v) is 3.99. The second kappa shape index (κ2) is 8.60. The minimum absolute atomic E-state index is 0.0503. The summed E-state index contributed by atoms with van der Waals surface area (Å²) in [5.41, 5.74) is 2.33. The lowest BCUT2D eigenvalue weighted by atomic mass is 10.2. The summed E-state index contributed by atoms with van der Waals surface area (Å²) in [5, 5.41) is 12.0. The van der Waals surface area contributed by atoms with Gasteiger partial charge in [0.2, 0.25) is 0 Å². The molecule has 2 heterocycles. The summed E-state index contributed by atoms with van der Waals surface area (Å²) in [6.45, 7) is 6.19. The molecule has 0 bridgehead atoms. The fraction of sp³-hybridized carbons (Fsp3) is 0.368. The number of nitrogens with zero attached hydrogens (tertiary/aromatic N) is 3. The molecule has 0 amide bonds. The molecule has 3 aromatic rings. The van der Waals surface area contributed by atoms with Crippen molar-refractivity contribution >= 4 is 22.0 Å². The predicted molar refractivity (Wildman–Crippen MR) is 106 cm³/mol. The van der Waals surface area contributed by atoms with Gasteiger partial charge in [-0.3, -0.25) is 9.20 Å². The molecule has 3 rings (SSSR count). The summed E-state index contributed by atoms with van der Waals surface area (Å²) in [6.07, 6.45) is 0. The van der Waals surface area contributed by atoms with Crippen LogP contribution < -0.4 is 15.8 Å². The lowest BCUT2D eigenvalue weighted by molar-refractivity contribution is 0.291. The Morgan fingerprint density at radius 3 is 2.74 bits per heavy atom. The third-order valence-electron chi connectivity index (χ3n) is 4.37. The SMILES string of the molecule is CCN(Cc1cc(=O)n2c(CNCCO)c(C)sc2n1)c1ccc(F)cc1. The minimum atomic E-state index is -0.274. The number of benzene rings is 1. The molecular weight excluding hydrogens is 367 g/mol. The molecule has 0 aliphatic carbocycles. The number of aliphatic hydroxyl groups excluding tert-OH is 1. The summed E-state index contributed by atoms with van der Waals surface area (Å²) in [6, 6.07) is 7.87. The molecule has 144 valence electrons. The molecule has 0 saturated carbocycles. The van der Waals surface area contributed by atoms with E-state index in [9.17, 15) is 9.18 Å². The van der Waals surface area contributed by atoms with Crippen molar-refractivity contribution in [2.24, 2.45) is 0 Å². The Balaban J connectivity index is 1.89. The van der Waals surface area contributed by atoms with E-state index in [4.69, 9.17) is 5.11 Å². The molecule has 6 nitrogen and oxygen atoms in total. The predicted octanol–water partition coefficient (Wildman–Crippen LogP) is 2.31. The first-order valence-electron chi connectivity index (χ1n) is 8.86. The second-order valence-corrected chi connectivity index (χ2v) is 7.38. The quantitative estimate of drug-likeness (QED) is 0.578. The molecule has 8 heteroatoms. The van der Waals surface area contributed by atoms with Crippen LogP contribution >= 0.6 is 11.3 Å². The van der Waals surface area contributed by atoms with Crippen molar-refractivity contribution in [1.82, 2.24) is 14.7 Å². The van der Waals surface area contributed by atoms with Gasteiger partial charge in [-0.1, -0.05) is 0 Å². The number of hydrogen-bond donors (Lipinski definition) is 2. The van der Waals surface area contributed by atoms with E-state index in [0.717, 1.165) is 16.3 Å². The molecule has 2 N–H and O–H groups in total. The summed E-state index contributed by atoms with van der Waals surface area (Å²) in [4.78, 5) is 21.1. The van der Waals surface area contributed by atoms with Gasteiger partial charge in [0.15, 0.2) is 4.96 Å². The summed E-state index contributed by atoms with van der Waals surface area (Å²) in [7, 11) is 0. The Bertz CT molecular complexity index is 968. The standard InChI is InChI=1S/C19H23FN4O2S/c1-3-23(16-6-4-14(20)5-7-16)12-15-10-18(26)24-17(11-21-8-9-25)13(2)27-19(24)22-15/h4-7,10,21,25H,3,8-9,11-12H2,1-2H3. The van der Waals surface area contributed by atoms with Gasteiger partial charge < -0.3 is 15.3 Å². The van der Waals surface area contributed by atoms with Crippen molar-refractivity contribution in [3.05, 3.63) is 62.8 Å². The Hall–Kier alpha value is -2.29. The topological polar surface area (TPSA) is 69.9 Å². The second-order valence-electron chi connectivity index (χ2n) is 6.20. The monoisotopic (exact) mass is 390 g/mol. The van der Waals surface area contributed by atoms with Crippen molar-refractivity contribution in [3.8, 4) is 0 Å². The van der Waals surface area contributed by atoms with Gasteiger partial charge >= 0.3 is 0 Å². The molecule has 2 aromatic heterocycles. The molecule has 0 spiro atoms. The van der Waals surface area contributed by atoms with Crippen molar-refractivity contribution in [3.63, 3.8) is 0 Å². The fourth-order valence-electron chi connectivity index (χ4n) is 2.98. The number of anilines is 1. The number of halogens is 1. The molecule has 0 atom stereocenters. The smallest absolute Gasteiger partial charge is 0.259 e. The maximum atomic E-state index is 13.2. The Morgan fingerprint density at radius 2 is 2.07 bits per heavy atom. The number of hydrogen-bond acceptors (Lipinski definition) is 6. The average Bonchev–Trinajstić information content (AvgIpc) is 2.96. The first kappa shape index (κ1) is 19.5. The highest BCUT2D eigenvalue weighted by atomic mass is 32.1. The van der Waals surface area contributed by atoms with E-state index < -0.39 is 0 Å². The molecule has 27 heavy (non-hydrogen) atoms. The number of aromatic nitrogens is 2. The molecule has 0 unspecified atom stereocenters. The normalized spacial score (nSPS) is 11.3. The number of aliphatic hydroxyl groups is 1. The van der Waals surface area contributed by atoms with Crippen LogP contribution in [0.1, 0.15) is 23.2 Å². The highest BCUT2D eigenvalue weighted by Gasteiger charge is 2.14. The van der Waals surface area contributed by atoms with E-state index >= 15 is 0 Å². The zero-order chi connectivity index (χ0) is 19.4. The molecule has 0 radical (unpaired) electrons. The van der Waals surface area contributed by atoms with Gasteiger partial charge in [0.25, 0.3) is 5.56 Å². The van der Waals surface area contributed by atoms with E-state index in [1.54, 1.807) is 22.6 Å². The average molecular weight is 390 g/mol. The van der Waals surface area contributed by atoms with E-state index in [1.807, 2.05) is 18.7 Å². The summed E-state index contributed by atoms with van der Waals surface area (Å²) < 4.78 is 14.8. The van der Waals surface area contributed by atoms with Gasteiger partial charge in [-0.25, -0.2) is 9.37 Å². The number of rotatable bonds is 8. The minimum Gasteiger partial charge on any atom is -0.395 e. The van der Waals surface area contributed by atoms with Crippen molar-refractivity contribution in [2.45, 2.75) is 26.9 Å². The summed E-state index contributed by atoms with van der Waals surface area (Å²) in [5.74, 6) is -0.274. The van der Waals surface area contributed by atoms with Gasteiger partial charge in [-0.15, -0.1) is 11.3 Å². The number of fused-ring (bicyclic) bond motifs is 1. The lowest BCUT2D eigenvalue weighted by Crippen LogP contribution is -2.26. The highest BCUT2D eigenvalue weighted by Crippen LogP contribution is 2.21. The Kier molecular flexibility index (Phi) is 6.20. The van der Waals surface area contributed by atoms with Crippen LogP contribution in [0.2, 0.25) is 0 Å². The Morgan fingerprint density at radius 1 is 1.33 bits per heavy atom. The van der Waals surface area contributed by atoms with Gasteiger partial charge in [0.05, 0.1) is 24.5 Å². The van der Waals surface area contributed by atoms with E-state index in [2.05, 4.69) is 10.3 Å². The highest BCUT2D eigenvalue weighted by molar-refractivity contribution is 7.17. The van der Waals surface area contributed by atoms with Gasteiger partial charge in [-0.05, 0) is 38.1 Å². The van der Waals surface area contributed by atoms with Gasteiger partial charge in [0, 0.05) is 36.3 Å². The largest absolute Gasteiger partial charge is 0.395 e. The van der Waals surface area contributed by atoms with E-state index in [1.165, 1.54) is 23.5 Å². The van der Waals surface area contributed by atoms with Crippen LogP contribution in [-0.4, -0.2) is 34.2 Å². The maximum Gasteiger partial charge on any atom is 0.259 e. The van der Waals surface area contributed by atoms with Gasteiger partial charge in [0.1, 0.15) is 5.82 Å². The molecule has 1 aromatic carbocycles. The summed E-state index contributed by atoms with van der Waals surface area (Å²) >= 11 is 1.48. The number of aryl methyl sites for hydroxylation is 1. The van der Waals surface area contributed by atoms with Gasteiger partial charge in [-0.2, -0.15) is 0 Å². The molecule has 0 aliphatic rings. The maximum absolute atomic E-state index is 13.2.